The molecule has 14 heavy (non-hydrogen) atoms. The largest absolute Gasteiger partial charge is 0.292 e. The zero-order chi connectivity index (χ0) is 10.7. The van der Waals surface area contributed by atoms with Gasteiger partial charge in [0.2, 0.25) is 0 Å². The first-order valence-electron chi connectivity index (χ1n) is 4.80. The lowest BCUT2D eigenvalue weighted by Crippen LogP contribution is -2.13. The molecule has 0 N–H and O–H groups in total. The van der Waals surface area contributed by atoms with E-state index < -0.39 is 0 Å². The average Bonchev–Trinajstić information content (AvgIpc) is 2.10. The number of hydrogen-bond donors (Lipinski definition) is 0. The highest BCUT2D eigenvalue weighted by Gasteiger charge is 2.14. The Bertz CT molecular complexity index is 333. The summed E-state index contributed by atoms with van der Waals surface area (Å²) in [5.41, 5.74) is 2.44. The van der Waals surface area contributed by atoms with E-state index >= 15 is 0 Å². The van der Waals surface area contributed by atoms with Crippen LogP contribution in [0.1, 0.15) is 25.0 Å². The summed E-state index contributed by atoms with van der Waals surface area (Å²) in [5, 5.41) is 0. The summed E-state index contributed by atoms with van der Waals surface area (Å²) in [7, 11) is 1.71. The summed E-state index contributed by atoms with van der Waals surface area (Å²) < 4.78 is 13.6. The number of rotatable bonds is 2. The Morgan fingerprint density at radius 3 is 2.43 bits per heavy atom. The predicted octanol–water partition coefficient (Wildman–Crippen LogP) is 3.21. The second-order valence-electron chi connectivity index (χ2n) is 3.70. The van der Waals surface area contributed by atoms with Gasteiger partial charge < -0.3 is 0 Å². The highest BCUT2D eigenvalue weighted by Crippen LogP contribution is 2.17. The van der Waals surface area contributed by atoms with E-state index in [9.17, 15) is 4.39 Å². The maximum Gasteiger partial charge on any atom is 0.132 e. The number of hydrogen-bond acceptors (Lipinski definition) is 1. The molecule has 1 aromatic carbocycles. The maximum atomic E-state index is 13.6. The first-order chi connectivity index (χ1) is 6.57. The van der Waals surface area contributed by atoms with Crippen LogP contribution >= 0.6 is 0 Å². The van der Waals surface area contributed by atoms with E-state index in [1.165, 1.54) is 6.07 Å². The molecule has 0 aliphatic heterocycles. The van der Waals surface area contributed by atoms with Crippen LogP contribution in [0.25, 0.3) is 0 Å². The number of nitrogens with zero attached hydrogens (tertiary/aromatic N) is 1. The molecule has 0 aromatic heterocycles. The Balaban J connectivity index is 3.30. The van der Waals surface area contributed by atoms with E-state index in [-0.39, 0.29) is 11.7 Å². The average molecular weight is 193 g/mol. The van der Waals surface area contributed by atoms with Crippen LogP contribution in [0, 0.1) is 18.7 Å². The zero-order valence-corrected chi connectivity index (χ0v) is 9.13. The molecule has 2 heteroatoms. The molecule has 0 aliphatic carbocycles. The molecule has 1 aromatic rings. The normalized spacial score (nSPS) is 12.3. The maximum absolute atomic E-state index is 13.6. The second-order valence-corrected chi connectivity index (χ2v) is 3.70. The molecule has 0 saturated heterocycles. The van der Waals surface area contributed by atoms with E-state index in [1.807, 2.05) is 26.8 Å². The molecular formula is C12H16FN. The molecule has 0 amide bonds. The lowest BCUT2D eigenvalue weighted by Gasteiger charge is -2.13. The summed E-state index contributed by atoms with van der Waals surface area (Å²) in [6.45, 7) is 5.95. The van der Waals surface area contributed by atoms with E-state index in [0.29, 0.717) is 5.56 Å². The van der Waals surface area contributed by atoms with Crippen LogP contribution in [0.5, 0.6) is 0 Å². The molecule has 0 spiro atoms. The molecule has 0 aliphatic rings. The van der Waals surface area contributed by atoms with Crippen molar-refractivity contribution in [3.05, 3.63) is 35.1 Å². The van der Waals surface area contributed by atoms with Crippen molar-refractivity contribution in [3.63, 3.8) is 0 Å². The Morgan fingerprint density at radius 2 is 2.00 bits per heavy atom. The van der Waals surface area contributed by atoms with E-state index in [1.54, 1.807) is 13.1 Å². The molecule has 0 heterocycles. The second kappa shape index (κ2) is 4.36. The smallest absolute Gasteiger partial charge is 0.132 e. The summed E-state index contributed by atoms with van der Waals surface area (Å²) in [6.07, 6.45) is 0. The summed E-state index contributed by atoms with van der Waals surface area (Å²) in [6, 6.07) is 5.11. The lowest BCUT2D eigenvalue weighted by atomic mass is 9.95. The van der Waals surface area contributed by atoms with Gasteiger partial charge in [-0.2, -0.15) is 0 Å². The van der Waals surface area contributed by atoms with Crippen LogP contribution in [0.3, 0.4) is 0 Å². The third-order valence-corrected chi connectivity index (χ3v) is 2.27. The van der Waals surface area contributed by atoms with Crippen LogP contribution in [-0.2, 0) is 0 Å². The molecule has 0 unspecified atom stereocenters. The number of aryl methyl sites for hydroxylation is 1. The molecule has 0 fully saturated rings. The third kappa shape index (κ3) is 2.00. The van der Waals surface area contributed by atoms with Gasteiger partial charge in [-0.1, -0.05) is 26.0 Å². The van der Waals surface area contributed by atoms with Gasteiger partial charge in [-0.15, -0.1) is 0 Å². The third-order valence-electron chi connectivity index (χ3n) is 2.27. The highest BCUT2D eigenvalue weighted by molar-refractivity contribution is 6.03. The fourth-order valence-electron chi connectivity index (χ4n) is 1.61. The summed E-state index contributed by atoms with van der Waals surface area (Å²) in [5.74, 6) is 0.0647. The molecule has 0 saturated carbocycles. The van der Waals surface area contributed by atoms with Crippen molar-refractivity contribution in [2.45, 2.75) is 20.8 Å². The van der Waals surface area contributed by atoms with Gasteiger partial charge in [0.05, 0.1) is 0 Å². The van der Waals surface area contributed by atoms with Crippen molar-refractivity contribution in [3.8, 4) is 0 Å². The minimum absolute atomic E-state index is 0.181. The number of halogens is 1. The van der Waals surface area contributed by atoms with Gasteiger partial charge in [0.15, 0.2) is 0 Å². The lowest BCUT2D eigenvalue weighted by molar-refractivity contribution is 0.621. The van der Waals surface area contributed by atoms with Crippen LogP contribution < -0.4 is 0 Å². The van der Waals surface area contributed by atoms with Crippen molar-refractivity contribution >= 4 is 5.71 Å². The van der Waals surface area contributed by atoms with Crippen molar-refractivity contribution in [2.75, 3.05) is 7.05 Å². The predicted molar refractivity (Wildman–Crippen MR) is 58.4 cm³/mol. The standard InChI is InChI=1S/C12H16FN/c1-8(2)12(14-4)11-9(3)6-5-7-10(11)13/h5-8H,1-4H3. The van der Waals surface area contributed by atoms with E-state index in [0.717, 1.165) is 11.3 Å². The molecule has 0 atom stereocenters. The molecule has 1 nitrogen and oxygen atoms in total. The Hall–Kier alpha value is -1.18. The fraction of sp³-hybridized carbons (Fsp3) is 0.417. The monoisotopic (exact) mass is 193 g/mol. The molecule has 76 valence electrons. The van der Waals surface area contributed by atoms with E-state index in [4.69, 9.17) is 0 Å². The van der Waals surface area contributed by atoms with Crippen molar-refractivity contribution in [1.29, 1.82) is 0 Å². The zero-order valence-electron chi connectivity index (χ0n) is 9.13. The Morgan fingerprint density at radius 1 is 1.36 bits per heavy atom. The van der Waals surface area contributed by atoms with Gasteiger partial charge >= 0.3 is 0 Å². The van der Waals surface area contributed by atoms with Crippen molar-refractivity contribution < 1.29 is 4.39 Å². The SMILES string of the molecule is CN=C(c1c(C)cccc1F)C(C)C. The molecule has 1 rings (SSSR count). The first-order valence-corrected chi connectivity index (χ1v) is 4.80. The summed E-state index contributed by atoms with van der Waals surface area (Å²) in [4.78, 5) is 4.16. The van der Waals surface area contributed by atoms with Crippen LogP contribution in [0.15, 0.2) is 23.2 Å². The molecular weight excluding hydrogens is 177 g/mol. The van der Waals surface area contributed by atoms with E-state index in [2.05, 4.69) is 4.99 Å². The number of benzene rings is 1. The van der Waals surface area contributed by atoms with Gasteiger partial charge in [0.25, 0.3) is 0 Å². The summed E-state index contributed by atoms with van der Waals surface area (Å²) >= 11 is 0. The quantitative estimate of drug-likeness (QED) is 0.639. The van der Waals surface area contributed by atoms with Gasteiger partial charge in [0, 0.05) is 18.3 Å². The highest BCUT2D eigenvalue weighted by atomic mass is 19.1. The van der Waals surface area contributed by atoms with Crippen molar-refractivity contribution in [1.82, 2.24) is 0 Å². The molecule has 0 bridgehead atoms. The Kier molecular flexibility index (Phi) is 3.39. The number of aliphatic imine (C=N–C) groups is 1. The van der Waals surface area contributed by atoms with Crippen LogP contribution in [0.4, 0.5) is 4.39 Å². The van der Waals surface area contributed by atoms with Gasteiger partial charge in [-0.05, 0) is 24.5 Å². The fourth-order valence-corrected chi connectivity index (χ4v) is 1.61. The minimum Gasteiger partial charge on any atom is -0.292 e. The Labute approximate surface area is 84.7 Å². The molecule has 0 radical (unpaired) electrons. The van der Waals surface area contributed by atoms with Gasteiger partial charge in [0.1, 0.15) is 5.82 Å². The first kappa shape index (κ1) is 10.9. The minimum atomic E-state index is -0.181. The van der Waals surface area contributed by atoms with Gasteiger partial charge in [-0.3, -0.25) is 4.99 Å². The van der Waals surface area contributed by atoms with Crippen LogP contribution in [-0.4, -0.2) is 12.8 Å². The van der Waals surface area contributed by atoms with Gasteiger partial charge in [-0.25, -0.2) is 4.39 Å². The topological polar surface area (TPSA) is 12.4 Å². The van der Waals surface area contributed by atoms with Crippen LogP contribution in [0.2, 0.25) is 0 Å². The van der Waals surface area contributed by atoms with Crippen molar-refractivity contribution in [2.24, 2.45) is 10.9 Å².